The van der Waals surface area contributed by atoms with E-state index in [1.807, 2.05) is 0 Å². The number of nitrogens with zero attached hydrogens (tertiary/aromatic N) is 1. The van der Waals surface area contributed by atoms with Gasteiger partial charge in [-0.1, -0.05) is 0 Å². The van der Waals surface area contributed by atoms with Gasteiger partial charge in [0.1, 0.15) is 16.5 Å². The lowest BCUT2D eigenvalue weighted by atomic mass is 10.2. The molecule has 0 aromatic heterocycles. The van der Waals surface area contributed by atoms with Gasteiger partial charge < -0.3 is 4.74 Å². The minimum Gasteiger partial charge on any atom is -0.495 e. The molecular weight excluding hydrogens is 395 g/mol. The smallest absolute Gasteiger partial charge is 0.265 e. The monoisotopic (exact) mass is 414 g/mol. The zero-order chi connectivity index (χ0) is 19.7. The molecule has 0 spiro atoms. The lowest BCUT2D eigenvalue weighted by Gasteiger charge is -2.28. The van der Waals surface area contributed by atoms with Crippen LogP contribution in [0.5, 0.6) is 5.75 Å². The number of hydrogen-bond acceptors (Lipinski definition) is 5. The maximum atomic E-state index is 13.5. The van der Waals surface area contributed by atoms with Crippen LogP contribution in [-0.2, 0) is 20.0 Å². The summed E-state index contributed by atoms with van der Waals surface area (Å²) in [6.07, 6.45) is 1.40. The van der Waals surface area contributed by atoms with Crippen molar-refractivity contribution in [3.8, 4) is 5.75 Å². The molecule has 10 heteroatoms. The second kappa shape index (κ2) is 7.35. The first-order valence-electron chi connectivity index (χ1n) is 8.20. The number of rotatable bonds is 5. The molecule has 2 aromatic rings. The molecule has 3 rings (SSSR count). The first-order chi connectivity index (χ1) is 12.7. The van der Waals surface area contributed by atoms with Gasteiger partial charge in [-0.15, -0.1) is 0 Å². The molecule has 1 saturated heterocycles. The fourth-order valence-corrected chi connectivity index (χ4v) is 5.73. The molecule has 1 fully saturated rings. The van der Waals surface area contributed by atoms with Crippen LogP contribution in [0.3, 0.4) is 0 Å². The Balaban J connectivity index is 1.85. The van der Waals surface area contributed by atoms with Crippen molar-refractivity contribution in [2.75, 3.05) is 28.4 Å². The van der Waals surface area contributed by atoms with Gasteiger partial charge in [0.25, 0.3) is 10.0 Å². The molecule has 1 aliphatic heterocycles. The van der Waals surface area contributed by atoms with Gasteiger partial charge in [0, 0.05) is 12.2 Å². The zero-order valence-corrected chi connectivity index (χ0v) is 16.2. The number of anilines is 2. The highest BCUT2D eigenvalue weighted by Crippen LogP contribution is 2.28. The molecule has 0 bridgehead atoms. The van der Waals surface area contributed by atoms with Gasteiger partial charge in [-0.05, 0) is 55.3 Å². The predicted octanol–water partition coefficient (Wildman–Crippen LogP) is 2.57. The quantitative estimate of drug-likeness (QED) is 0.812. The Morgan fingerprint density at radius 1 is 1.11 bits per heavy atom. The van der Waals surface area contributed by atoms with Gasteiger partial charge in [-0.3, -0.25) is 9.03 Å². The van der Waals surface area contributed by atoms with Gasteiger partial charge in [0.05, 0.1) is 18.6 Å². The van der Waals surface area contributed by atoms with Crippen LogP contribution >= 0.6 is 0 Å². The molecule has 1 N–H and O–H groups in total. The SMILES string of the molecule is COc1ccc(F)cc1S(=O)(=O)Nc1ccc(N2CCCCS2(=O)=O)cc1. The Bertz CT molecular complexity index is 1040. The number of benzene rings is 2. The van der Waals surface area contributed by atoms with Crippen molar-refractivity contribution in [2.45, 2.75) is 17.7 Å². The lowest BCUT2D eigenvalue weighted by Crippen LogP contribution is -2.37. The van der Waals surface area contributed by atoms with Crippen molar-refractivity contribution < 1.29 is 26.0 Å². The van der Waals surface area contributed by atoms with Crippen LogP contribution in [0.25, 0.3) is 0 Å². The first-order valence-corrected chi connectivity index (χ1v) is 11.3. The fourth-order valence-electron chi connectivity index (χ4n) is 2.85. The predicted molar refractivity (Wildman–Crippen MR) is 101 cm³/mol. The highest BCUT2D eigenvalue weighted by molar-refractivity contribution is 7.93. The van der Waals surface area contributed by atoms with E-state index in [9.17, 15) is 21.2 Å². The van der Waals surface area contributed by atoms with Gasteiger partial charge in [-0.25, -0.2) is 21.2 Å². The molecule has 146 valence electrons. The number of halogens is 1. The van der Waals surface area contributed by atoms with E-state index < -0.39 is 25.9 Å². The number of hydrogen-bond donors (Lipinski definition) is 1. The lowest BCUT2D eigenvalue weighted by molar-refractivity contribution is 0.401. The van der Waals surface area contributed by atoms with Crippen molar-refractivity contribution >= 4 is 31.4 Å². The molecule has 2 aromatic carbocycles. The normalized spacial score (nSPS) is 16.7. The molecule has 0 radical (unpaired) electrons. The van der Waals surface area contributed by atoms with E-state index in [-0.39, 0.29) is 22.1 Å². The summed E-state index contributed by atoms with van der Waals surface area (Å²) >= 11 is 0. The van der Waals surface area contributed by atoms with Gasteiger partial charge in [0.15, 0.2) is 0 Å². The summed E-state index contributed by atoms with van der Waals surface area (Å²) in [5.74, 6) is -0.595. The number of nitrogens with one attached hydrogen (secondary N) is 1. The number of methoxy groups -OCH3 is 1. The van der Waals surface area contributed by atoms with E-state index in [4.69, 9.17) is 4.74 Å². The molecule has 0 aliphatic carbocycles. The Morgan fingerprint density at radius 2 is 1.81 bits per heavy atom. The fraction of sp³-hybridized carbons (Fsp3) is 0.294. The summed E-state index contributed by atoms with van der Waals surface area (Å²) < 4.78 is 71.5. The molecule has 1 heterocycles. The van der Waals surface area contributed by atoms with Crippen molar-refractivity contribution in [3.05, 3.63) is 48.3 Å². The van der Waals surface area contributed by atoms with Crippen LogP contribution in [0.1, 0.15) is 12.8 Å². The van der Waals surface area contributed by atoms with Gasteiger partial charge in [0.2, 0.25) is 10.0 Å². The average Bonchev–Trinajstić information content (AvgIpc) is 2.62. The first kappa shape index (κ1) is 19.4. The summed E-state index contributed by atoms with van der Waals surface area (Å²) in [7, 11) is -6.14. The number of ether oxygens (including phenoxy) is 1. The maximum absolute atomic E-state index is 13.5. The van der Waals surface area contributed by atoms with Crippen molar-refractivity contribution in [1.29, 1.82) is 0 Å². The van der Waals surface area contributed by atoms with E-state index in [2.05, 4.69) is 4.72 Å². The maximum Gasteiger partial charge on any atom is 0.265 e. The largest absolute Gasteiger partial charge is 0.495 e. The molecule has 27 heavy (non-hydrogen) atoms. The van der Waals surface area contributed by atoms with Crippen LogP contribution in [0.15, 0.2) is 47.4 Å². The van der Waals surface area contributed by atoms with Crippen molar-refractivity contribution in [1.82, 2.24) is 0 Å². The third-order valence-corrected chi connectivity index (χ3v) is 7.44. The Hall–Kier alpha value is -2.33. The molecule has 1 aliphatic rings. The third kappa shape index (κ3) is 4.16. The molecule has 0 saturated carbocycles. The van der Waals surface area contributed by atoms with Gasteiger partial charge in [-0.2, -0.15) is 0 Å². The summed E-state index contributed by atoms with van der Waals surface area (Å²) in [6.45, 7) is 0.397. The molecular formula is C17H19FN2O5S2. The Kier molecular flexibility index (Phi) is 5.29. The third-order valence-electron chi connectivity index (χ3n) is 4.17. The zero-order valence-electron chi connectivity index (χ0n) is 14.6. The van der Waals surface area contributed by atoms with Crippen LogP contribution in [0, 0.1) is 5.82 Å². The standard InChI is InChI=1S/C17H19FN2O5S2/c1-25-16-9-4-13(18)12-17(16)27(23,24)19-14-5-7-15(8-6-14)20-10-2-3-11-26(20,21)22/h4-9,12,19H,2-3,10-11H2,1H3. The van der Waals surface area contributed by atoms with E-state index in [1.54, 1.807) is 0 Å². The summed E-state index contributed by atoms with van der Waals surface area (Å²) in [5.41, 5.74) is 0.695. The molecule has 0 unspecified atom stereocenters. The molecule has 0 amide bonds. The molecule has 7 nitrogen and oxygen atoms in total. The Morgan fingerprint density at radius 3 is 2.44 bits per heavy atom. The van der Waals surface area contributed by atoms with Gasteiger partial charge >= 0.3 is 0 Å². The summed E-state index contributed by atoms with van der Waals surface area (Å²) in [4.78, 5) is -0.326. The Labute approximate surface area is 157 Å². The van der Waals surface area contributed by atoms with E-state index in [0.717, 1.165) is 18.6 Å². The van der Waals surface area contributed by atoms with Crippen LogP contribution in [0.4, 0.5) is 15.8 Å². The minimum atomic E-state index is -4.09. The van der Waals surface area contributed by atoms with E-state index >= 15 is 0 Å². The second-order valence-corrected chi connectivity index (χ2v) is 9.71. The minimum absolute atomic E-state index is 0.0138. The summed E-state index contributed by atoms with van der Waals surface area (Å²) in [5, 5.41) is 0. The summed E-state index contributed by atoms with van der Waals surface area (Å²) in [6, 6.07) is 9.19. The van der Waals surface area contributed by atoms with Crippen molar-refractivity contribution in [2.24, 2.45) is 0 Å². The molecule has 0 atom stereocenters. The van der Waals surface area contributed by atoms with Crippen LogP contribution in [0.2, 0.25) is 0 Å². The highest BCUT2D eigenvalue weighted by Gasteiger charge is 2.26. The highest BCUT2D eigenvalue weighted by atomic mass is 32.2. The van der Waals surface area contributed by atoms with E-state index in [1.165, 1.54) is 41.7 Å². The van der Waals surface area contributed by atoms with Crippen molar-refractivity contribution in [3.63, 3.8) is 0 Å². The topological polar surface area (TPSA) is 92.8 Å². The van der Waals surface area contributed by atoms with E-state index in [0.29, 0.717) is 18.7 Å². The second-order valence-electron chi connectivity index (χ2n) is 6.04. The average molecular weight is 414 g/mol. The number of sulfonamides is 2. The van der Waals surface area contributed by atoms with Crippen LogP contribution < -0.4 is 13.8 Å². The van der Waals surface area contributed by atoms with Crippen LogP contribution in [-0.4, -0.2) is 36.2 Å².